The zero-order valence-corrected chi connectivity index (χ0v) is 11.0. The second kappa shape index (κ2) is 7.55. The molecule has 0 aliphatic carbocycles. The summed E-state index contributed by atoms with van der Waals surface area (Å²) in [5.41, 5.74) is 0.274. The Morgan fingerprint density at radius 2 is 2.07 bits per heavy atom. The first kappa shape index (κ1) is 14.3. The van der Waals surface area contributed by atoms with Crippen LogP contribution in [0, 0.1) is 0 Å². The van der Waals surface area contributed by atoms with Crippen molar-refractivity contribution in [3.63, 3.8) is 0 Å². The molecule has 1 atom stereocenters. The minimum absolute atomic E-state index is 0.274. The average molecular weight is 219 g/mol. The fourth-order valence-electron chi connectivity index (χ4n) is 0.937. The summed E-state index contributed by atoms with van der Waals surface area (Å²) in [5, 5.41) is 4.24. The van der Waals surface area contributed by atoms with Crippen molar-refractivity contribution in [2.45, 2.75) is 44.9 Å². The molecular weight excluding hydrogens is 194 g/mol. The molecule has 2 nitrogen and oxygen atoms in total. The van der Waals surface area contributed by atoms with Gasteiger partial charge in [-0.2, -0.15) is 11.8 Å². The van der Waals surface area contributed by atoms with Crippen LogP contribution in [0.4, 0.5) is 0 Å². The van der Waals surface area contributed by atoms with Gasteiger partial charge in [0.25, 0.3) is 0 Å². The number of rotatable bonds is 8. The van der Waals surface area contributed by atoms with E-state index in [2.05, 4.69) is 33.0 Å². The molecule has 0 aliphatic heterocycles. The van der Waals surface area contributed by atoms with E-state index >= 15 is 0 Å². The monoisotopic (exact) mass is 219 g/mol. The van der Waals surface area contributed by atoms with Crippen LogP contribution in [0.3, 0.4) is 0 Å². The molecule has 0 rings (SSSR count). The zero-order valence-electron chi connectivity index (χ0n) is 10.2. The molecule has 86 valence electrons. The van der Waals surface area contributed by atoms with Gasteiger partial charge in [-0.3, -0.25) is 0 Å². The number of hydrogen-bond donors (Lipinski definition) is 1. The van der Waals surface area contributed by atoms with E-state index in [9.17, 15) is 0 Å². The molecule has 0 spiro atoms. The second-order valence-electron chi connectivity index (χ2n) is 4.29. The van der Waals surface area contributed by atoms with E-state index < -0.39 is 0 Å². The number of nitrogens with one attached hydrogen (secondary N) is 1. The maximum absolute atomic E-state index is 5.02. The van der Waals surface area contributed by atoms with Gasteiger partial charge in [0.2, 0.25) is 0 Å². The van der Waals surface area contributed by atoms with Crippen LogP contribution >= 0.6 is 11.8 Å². The summed E-state index contributed by atoms with van der Waals surface area (Å²) in [5.74, 6) is 1.09. The third-order valence-electron chi connectivity index (χ3n) is 2.44. The molecule has 0 amide bonds. The van der Waals surface area contributed by atoms with Gasteiger partial charge in [-0.15, -0.1) is 0 Å². The van der Waals surface area contributed by atoms with Crippen LogP contribution in [0.15, 0.2) is 0 Å². The van der Waals surface area contributed by atoms with Gasteiger partial charge in [0, 0.05) is 30.2 Å². The van der Waals surface area contributed by atoms with Crippen LogP contribution in [-0.4, -0.2) is 36.8 Å². The first-order valence-electron chi connectivity index (χ1n) is 5.37. The van der Waals surface area contributed by atoms with Gasteiger partial charge < -0.3 is 10.1 Å². The average Bonchev–Trinajstić information content (AvgIpc) is 2.16. The van der Waals surface area contributed by atoms with Crippen molar-refractivity contribution >= 4 is 11.8 Å². The Bertz CT molecular complexity index is 139. The highest BCUT2D eigenvalue weighted by atomic mass is 32.2. The van der Waals surface area contributed by atoms with Gasteiger partial charge in [-0.1, -0.05) is 13.8 Å². The van der Waals surface area contributed by atoms with Crippen molar-refractivity contribution in [3.05, 3.63) is 0 Å². The lowest BCUT2D eigenvalue weighted by molar-refractivity contribution is 0.218. The van der Waals surface area contributed by atoms with E-state index in [0.29, 0.717) is 5.25 Å². The van der Waals surface area contributed by atoms with Crippen LogP contribution in [0.1, 0.15) is 34.1 Å². The highest BCUT2D eigenvalue weighted by Gasteiger charge is 2.14. The van der Waals surface area contributed by atoms with E-state index in [-0.39, 0.29) is 5.54 Å². The van der Waals surface area contributed by atoms with E-state index in [1.165, 1.54) is 6.42 Å². The normalized spacial score (nSPS) is 14.4. The highest BCUT2D eigenvalue weighted by Crippen LogP contribution is 2.12. The van der Waals surface area contributed by atoms with Crippen molar-refractivity contribution in [1.82, 2.24) is 5.32 Å². The molecule has 0 fully saturated rings. The Kier molecular flexibility index (Phi) is 7.69. The van der Waals surface area contributed by atoms with E-state index in [1.807, 2.05) is 11.8 Å². The van der Waals surface area contributed by atoms with Crippen LogP contribution in [-0.2, 0) is 4.74 Å². The van der Waals surface area contributed by atoms with Gasteiger partial charge in [-0.25, -0.2) is 0 Å². The third-order valence-corrected chi connectivity index (χ3v) is 3.58. The molecule has 1 unspecified atom stereocenters. The number of thioether (sulfide) groups is 1. The van der Waals surface area contributed by atoms with Gasteiger partial charge in [-0.05, 0) is 20.3 Å². The maximum Gasteiger partial charge on any atom is 0.0553 e. The fraction of sp³-hybridized carbons (Fsp3) is 1.00. The summed E-state index contributed by atoms with van der Waals surface area (Å²) in [6, 6.07) is 0. The van der Waals surface area contributed by atoms with Gasteiger partial charge in [0.05, 0.1) is 6.61 Å². The third kappa shape index (κ3) is 7.65. The molecule has 0 saturated carbocycles. The molecule has 1 N–H and O–H groups in total. The standard InChI is InChI=1S/C11H25NOS/c1-6-11(3,4)12-9-10(2)14-8-7-13-5/h10,12H,6-9H2,1-5H3. The lowest BCUT2D eigenvalue weighted by Gasteiger charge is -2.26. The Balaban J connectivity index is 3.48. The van der Waals surface area contributed by atoms with Crippen LogP contribution < -0.4 is 5.32 Å². The van der Waals surface area contributed by atoms with E-state index in [1.54, 1.807) is 7.11 Å². The largest absolute Gasteiger partial charge is 0.384 e. The van der Waals surface area contributed by atoms with Crippen molar-refractivity contribution in [3.8, 4) is 0 Å². The van der Waals surface area contributed by atoms with E-state index in [0.717, 1.165) is 18.9 Å². The molecule has 0 aromatic heterocycles. The molecule has 0 saturated heterocycles. The zero-order chi connectivity index (χ0) is 11.0. The van der Waals surface area contributed by atoms with Gasteiger partial charge in [0.15, 0.2) is 0 Å². The SMILES string of the molecule is CCC(C)(C)NCC(C)SCCOC. The molecule has 3 heteroatoms. The smallest absolute Gasteiger partial charge is 0.0553 e. The summed E-state index contributed by atoms with van der Waals surface area (Å²) in [7, 11) is 1.75. The van der Waals surface area contributed by atoms with Crippen molar-refractivity contribution in [2.24, 2.45) is 0 Å². The predicted octanol–water partition coefficient (Wildman–Crippen LogP) is 2.53. The topological polar surface area (TPSA) is 21.3 Å². The molecule has 14 heavy (non-hydrogen) atoms. The lowest BCUT2D eigenvalue weighted by Crippen LogP contribution is -2.41. The van der Waals surface area contributed by atoms with Crippen LogP contribution in [0.5, 0.6) is 0 Å². The Labute approximate surface area is 93.2 Å². The Morgan fingerprint density at radius 1 is 1.43 bits per heavy atom. The fourth-order valence-corrected chi connectivity index (χ4v) is 1.80. The highest BCUT2D eigenvalue weighted by molar-refractivity contribution is 7.99. The first-order chi connectivity index (χ1) is 6.52. The molecule has 0 radical (unpaired) electrons. The molecule has 0 heterocycles. The summed E-state index contributed by atoms with van der Waals surface area (Å²) < 4.78 is 5.02. The Hall–Kier alpha value is 0.270. The first-order valence-corrected chi connectivity index (χ1v) is 6.42. The van der Waals surface area contributed by atoms with Crippen LogP contribution in [0.2, 0.25) is 0 Å². The molecular formula is C11H25NOS. The van der Waals surface area contributed by atoms with Gasteiger partial charge >= 0.3 is 0 Å². The van der Waals surface area contributed by atoms with Crippen molar-refractivity contribution < 1.29 is 4.74 Å². The van der Waals surface area contributed by atoms with Gasteiger partial charge in [0.1, 0.15) is 0 Å². The second-order valence-corrected chi connectivity index (χ2v) is 5.84. The number of hydrogen-bond acceptors (Lipinski definition) is 3. The number of methoxy groups -OCH3 is 1. The van der Waals surface area contributed by atoms with Crippen LogP contribution in [0.25, 0.3) is 0 Å². The maximum atomic E-state index is 5.02. The summed E-state index contributed by atoms with van der Waals surface area (Å²) >= 11 is 1.96. The van der Waals surface area contributed by atoms with Crippen molar-refractivity contribution in [2.75, 3.05) is 26.0 Å². The van der Waals surface area contributed by atoms with E-state index in [4.69, 9.17) is 4.74 Å². The summed E-state index contributed by atoms with van der Waals surface area (Å²) in [6.45, 7) is 10.9. The predicted molar refractivity (Wildman–Crippen MR) is 66.2 cm³/mol. The molecule has 0 aromatic rings. The van der Waals surface area contributed by atoms with Crippen molar-refractivity contribution in [1.29, 1.82) is 0 Å². The molecule has 0 aliphatic rings. The minimum atomic E-state index is 0.274. The summed E-state index contributed by atoms with van der Waals surface area (Å²) in [4.78, 5) is 0. The minimum Gasteiger partial charge on any atom is -0.384 e. The quantitative estimate of drug-likeness (QED) is 0.634. The molecule has 0 bridgehead atoms. The Morgan fingerprint density at radius 3 is 2.57 bits per heavy atom. The lowest BCUT2D eigenvalue weighted by atomic mass is 10.0. The number of ether oxygens (including phenoxy) is 1. The molecule has 0 aromatic carbocycles. The summed E-state index contributed by atoms with van der Waals surface area (Å²) in [6.07, 6.45) is 1.17.